The number of halogens is 1. The summed E-state index contributed by atoms with van der Waals surface area (Å²) in [6, 6.07) is 3.22. The van der Waals surface area contributed by atoms with E-state index in [1.807, 2.05) is 0 Å². The molecule has 0 amide bonds. The third kappa shape index (κ3) is 4.60. The van der Waals surface area contributed by atoms with E-state index in [1.54, 1.807) is 11.8 Å². The van der Waals surface area contributed by atoms with Gasteiger partial charge in [-0.15, -0.1) is 0 Å². The molecule has 0 saturated carbocycles. The first-order valence-corrected chi connectivity index (χ1v) is 6.45. The van der Waals surface area contributed by atoms with Crippen LogP contribution in [-0.4, -0.2) is 23.0 Å². The Morgan fingerprint density at radius 2 is 2.29 bits per heavy atom. The van der Waals surface area contributed by atoms with Crippen LogP contribution in [0.2, 0.25) is 0 Å². The Kier molecular flexibility index (Phi) is 5.76. The molecule has 4 nitrogen and oxygen atoms in total. The summed E-state index contributed by atoms with van der Waals surface area (Å²) >= 11 is 1.77. The Bertz CT molecular complexity index is 387. The van der Waals surface area contributed by atoms with E-state index in [4.69, 9.17) is 4.74 Å². The lowest BCUT2D eigenvalue weighted by atomic mass is 10.3. The molecule has 0 aliphatic rings. The number of rotatable bonds is 7. The summed E-state index contributed by atoms with van der Waals surface area (Å²) < 4.78 is 18.2. The summed E-state index contributed by atoms with van der Waals surface area (Å²) in [5.41, 5.74) is -0.199. The van der Waals surface area contributed by atoms with Crippen molar-refractivity contribution < 1.29 is 14.1 Å². The van der Waals surface area contributed by atoms with Gasteiger partial charge in [-0.25, -0.2) is 4.39 Å². The smallest absolute Gasteiger partial charge is 0.311 e. The van der Waals surface area contributed by atoms with Crippen LogP contribution in [-0.2, 0) is 0 Å². The van der Waals surface area contributed by atoms with Gasteiger partial charge >= 0.3 is 5.69 Å². The van der Waals surface area contributed by atoms with Crippen LogP contribution in [0.1, 0.15) is 13.3 Å². The summed E-state index contributed by atoms with van der Waals surface area (Å²) in [4.78, 5) is 10.1. The van der Waals surface area contributed by atoms with Gasteiger partial charge in [0.25, 0.3) is 0 Å². The van der Waals surface area contributed by atoms with E-state index < -0.39 is 10.7 Å². The molecule has 0 atom stereocenters. The molecule has 0 radical (unpaired) electrons. The van der Waals surface area contributed by atoms with E-state index in [0.29, 0.717) is 6.61 Å². The lowest BCUT2D eigenvalue weighted by molar-refractivity contribution is -0.385. The van der Waals surface area contributed by atoms with E-state index >= 15 is 0 Å². The van der Waals surface area contributed by atoms with Gasteiger partial charge in [0.1, 0.15) is 5.82 Å². The Balaban J connectivity index is 2.56. The maximum Gasteiger partial charge on any atom is 0.311 e. The third-order valence-corrected chi connectivity index (χ3v) is 3.00. The minimum atomic E-state index is -0.574. The molecule has 94 valence electrons. The highest BCUT2D eigenvalue weighted by Gasteiger charge is 2.15. The highest BCUT2D eigenvalue weighted by molar-refractivity contribution is 7.99. The Morgan fingerprint density at radius 1 is 1.53 bits per heavy atom. The minimum Gasteiger partial charge on any atom is -0.487 e. The predicted octanol–water partition coefficient (Wildman–Crippen LogP) is 3.26. The minimum absolute atomic E-state index is 0.00324. The fourth-order valence-electron chi connectivity index (χ4n) is 1.24. The molecule has 0 spiro atoms. The van der Waals surface area contributed by atoms with Crippen molar-refractivity contribution in [3.8, 4) is 5.75 Å². The number of nitrogens with zero attached hydrogens (tertiary/aromatic N) is 1. The maximum atomic E-state index is 12.9. The average molecular weight is 259 g/mol. The molecule has 1 aromatic carbocycles. The molecular formula is C11H14FNO3S. The van der Waals surface area contributed by atoms with Gasteiger partial charge in [0.15, 0.2) is 5.75 Å². The molecular weight excluding hydrogens is 245 g/mol. The highest BCUT2D eigenvalue weighted by atomic mass is 32.2. The number of thioether (sulfide) groups is 1. The van der Waals surface area contributed by atoms with Crippen molar-refractivity contribution >= 4 is 17.4 Å². The molecule has 1 aromatic rings. The van der Waals surface area contributed by atoms with Crippen LogP contribution in [0.3, 0.4) is 0 Å². The SMILES string of the molecule is CCSCCCOc1cc(F)ccc1[N+](=O)[O-]. The zero-order chi connectivity index (χ0) is 12.7. The molecule has 0 aliphatic heterocycles. The number of ether oxygens (including phenoxy) is 1. The summed E-state index contributed by atoms with van der Waals surface area (Å²) in [5, 5.41) is 10.7. The Hall–Kier alpha value is -1.30. The van der Waals surface area contributed by atoms with Crippen molar-refractivity contribution in [2.24, 2.45) is 0 Å². The van der Waals surface area contributed by atoms with Gasteiger partial charge in [-0.2, -0.15) is 11.8 Å². The summed E-state index contributed by atoms with van der Waals surface area (Å²) in [6.07, 6.45) is 0.784. The van der Waals surface area contributed by atoms with Crippen LogP contribution in [0.4, 0.5) is 10.1 Å². The van der Waals surface area contributed by atoms with Gasteiger partial charge in [-0.3, -0.25) is 10.1 Å². The van der Waals surface area contributed by atoms with E-state index in [1.165, 1.54) is 0 Å². The number of nitro groups is 1. The van der Waals surface area contributed by atoms with Crippen LogP contribution in [0, 0.1) is 15.9 Å². The third-order valence-electron chi connectivity index (χ3n) is 2.01. The van der Waals surface area contributed by atoms with Crippen LogP contribution in [0.15, 0.2) is 18.2 Å². The van der Waals surface area contributed by atoms with Crippen LogP contribution in [0.25, 0.3) is 0 Å². The van der Waals surface area contributed by atoms with Gasteiger partial charge in [0.2, 0.25) is 0 Å². The van der Waals surface area contributed by atoms with Crippen molar-refractivity contribution in [3.63, 3.8) is 0 Å². The Morgan fingerprint density at radius 3 is 2.94 bits per heavy atom. The molecule has 0 aliphatic carbocycles. The van der Waals surface area contributed by atoms with Crippen molar-refractivity contribution in [1.82, 2.24) is 0 Å². The van der Waals surface area contributed by atoms with E-state index in [9.17, 15) is 14.5 Å². The summed E-state index contributed by atoms with van der Waals surface area (Å²) in [7, 11) is 0. The van der Waals surface area contributed by atoms with Gasteiger partial charge in [-0.1, -0.05) is 6.92 Å². The topological polar surface area (TPSA) is 52.4 Å². The quantitative estimate of drug-likeness (QED) is 0.428. The first-order valence-electron chi connectivity index (χ1n) is 5.29. The van der Waals surface area contributed by atoms with Crippen molar-refractivity contribution in [1.29, 1.82) is 0 Å². The van der Waals surface area contributed by atoms with Gasteiger partial charge in [-0.05, 0) is 24.0 Å². The standard InChI is InChI=1S/C11H14FNO3S/c1-2-17-7-3-6-16-11-8-9(12)4-5-10(11)13(14)15/h4-5,8H,2-3,6-7H2,1H3. The van der Waals surface area contributed by atoms with Crippen molar-refractivity contribution in [3.05, 3.63) is 34.1 Å². The fourth-order valence-corrected chi connectivity index (χ4v) is 1.85. The van der Waals surface area contributed by atoms with Gasteiger partial charge in [0.05, 0.1) is 11.5 Å². The molecule has 17 heavy (non-hydrogen) atoms. The maximum absolute atomic E-state index is 12.9. The monoisotopic (exact) mass is 259 g/mol. The lowest BCUT2D eigenvalue weighted by Crippen LogP contribution is -2.02. The second-order valence-electron chi connectivity index (χ2n) is 3.27. The van der Waals surface area contributed by atoms with Crippen LogP contribution >= 0.6 is 11.8 Å². The molecule has 0 fully saturated rings. The Labute approximate surface area is 103 Å². The highest BCUT2D eigenvalue weighted by Crippen LogP contribution is 2.27. The predicted molar refractivity (Wildman–Crippen MR) is 66.2 cm³/mol. The van der Waals surface area contributed by atoms with Crippen molar-refractivity contribution in [2.45, 2.75) is 13.3 Å². The van der Waals surface area contributed by atoms with Crippen molar-refractivity contribution in [2.75, 3.05) is 18.1 Å². The summed E-state index contributed by atoms with van der Waals surface area (Å²) in [5.74, 6) is 1.42. The molecule has 6 heteroatoms. The number of hydrogen-bond donors (Lipinski definition) is 0. The average Bonchev–Trinajstić information content (AvgIpc) is 2.28. The molecule has 0 N–H and O–H groups in total. The molecule has 0 heterocycles. The first-order chi connectivity index (χ1) is 8.15. The van der Waals surface area contributed by atoms with Crippen LogP contribution in [0.5, 0.6) is 5.75 Å². The lowest BCUT2D eigenvalue weighted by Gasteiger charge is -2.06. The first kappa shape index (κ1) is 13.8. The zero-order valence-electron chi connectivity index (χ0n) is 9.52. The van der Waals surface area contributed by atoms with Crippen LogP contribution < -0.4 is 4.74 Å². The second-order valence-corrected chi connectivity index (χ2v) is 4.66. The molecule has 0 saturated heterocycles. The molecule has 0 unspecified atom stereocenters. The van der Waals surface area contributed by atoms with E-state index in [0.717, 1.165) is 36.1 Å². The van der Waals surface area contributed by atoms with E-state index in [-0.39, 0.29) is 11.4 Å². The normalized spacial score (nSPS) is 10.2. The second kappa shape index (κ2) is 7.11. The largest absolute Gasteiger partial charge is 0.487 e. The zero-order valence-corrected chi connectivity index (χ0v) is 10.3. The summed E-state index contributed by atoms with van der Waals surface area (Å²) in [6.45, 7) is 2.42. The fraction of sp³-hybridized carbons (Fsp3) is 0.455. The van der Waals surface area contributed by atoms with Gasteiger partial charge in [0, 0.05) is 12.1 Å². The molecule has 0 bridgehead atoms. The number of nitro benzene ring substituents is 1. The number of benzene rings is 1. The molecule has 1 rings (SSSR count). The molecule has 0 aromatic heterocycles. The van der Waals surface area contributed by atoms with Gasteiger partial charge < -0.3 is 4.74 Å². The number of hydrogen-bond acceptors (Lipinski definition) is 4. The van der Waals surface area contributed by atoms with E-state index in [2.05, 4.69) is 6.92 Å².